The molecular weight excluding hydrogens is 176 g/mol. The Bertz CT molecular complexity index is 385. The molecule has 0 atom stereocenters. The van der Waals surface area contributed by atoms with Crippen molar-refractivity contribution in [3.63, 3.8) is 0 Å². The molecule has 0 aliphatic rings. The van der Waals surface area contributed by atoms with Crippen LogP contribution in [0.1, 0.15) is 16.7 Å². The highest BCUT2D eigenvalue weighted by molar-refractivity contribution is 5.74. The van der Waals surface area contributed by atoms with Gasteiger partial charge in [0.05, 0.1) is 7.11 Å². The van der Waals surface area contributed by atoms with Crippen molar-refractivity contribution >= 4 is 6.29 Å². The smallest absolute Gasteiger partial charge is 0.193 e. The second kappa shape index (κ2) is 4.48. The molecular formula is C12H12O2. The average Bonchev–Trinajstić information content (AvgIpc) is 2.16. The molecule has 2 heteroatoms. The lowest BCUT2D eigenvalue weighted by Gasteiger charge is -2.06. The summed E-state index contributed by atoms with van der Waals surface area (Å²) in [5.74, 6) is 6.04. The summed E-state index contributed by atoms with van der Waals surface area (Å²) < 4.78 is 5.12. The maximum absolute atomic E-state index is 10.1. The van der Waals surface area contributed by atoms with Gasteiger partial charge in [-0.15, -0.1) is 0 Å². The molecule has 0 spiro atoms. The normalized spacial score (nSPS) is 8.79. The van der Waals surface area contributed by atoms with E-state index >= 15 is 0 Å². The van der Waals surface area contributed by atoms with Crippen molar-refractivity contribution in [3.8, 4) is 17.6 Å². The lowest BCUT2D eigenvalue weighted by Crippen LogP contribution is -1.91. The number of aryl methyl sites for hydroxylation is 2. The zero-order valence-electron chi connectivity index (χ0n) is 8.55. The van der Waals surface area contributed by atoms with E-state index < -0.39 is 0 Å². The number of rotatable bonds is 1. The van der Waals surface area contributed by atoms with Crippen molar-refractivity contribution in [1.82, 2.24) is 0 Å². The van der Waals surface area contributed by atoms with E-state index in [9.17, 15) is 4.79 Å². The number of methoxy groups -OCH3 is 1. The van der Waals surface area contributed by atoms with Crippen LogP contribution in [0.15, 0.2) is 12.1 Å². The van der Waals surface area contributed by atoms with E-state index in [2.05, 4.69) is 11.8 Å². The minimum absolute atomic E-state index is 0.600. The van der Waals surface area contributed by atoms with Gasteiger partial charge in [0.25, 0.3) is 0 Å². The van der Waals surface area contributed by atoms with Crippen molar-refractivity contribution in [2.45, 2.75) is 13.8 Å². The fourth-order valence-corrected chi connectivity index (χ4v) is 1.34. The highest BCUT2D eigenvalue weighted by atomic mass is 16.5. The van der Waals surface area contributed by atoms with Gasteiger partial charge in [0.2, 0.25) is 0 Å². The van der Waals surface area contributed by atoms with Gasteiger partial charge in [0, 0.05) is 5.56 Å². The Morgan fingerprint density at radius 2 is 1.86 bits per heavy atom. The standard InChI is InChI=1S/C12H12O2/c1-9-7-11(14-3)8-10(2)12(9)5-4-6-13/h6-8H,1-3H3. The molecule has 0 radical (unpaired) electrons. The highest BCUT2D eigenvalue weighted by Gasteiger charge is 2.02. The molecule has 72 valence electrons. The number of hydrogen-bond donors (Lipinski definition) is 0. The van der Waals surface area contributed by atoms with Crippen molar-refractivity contribution < 1.29 is 9.53 Å². The molecule has 0 unspecified atom stereocenters. The Morgan fingerprint density at radius 3 is 2.29 bits per heavy atom. The molecule has 1 aromatic rings. The van der Waals surface area contributed by atoms with E-state index in [1.165, 1.54) is 0 Å². The van der Waals surface area contributed by atoms with E-state index in [-0.39, 0.29) is 0 Å². The number of carbonyl (C=O) groups is 1. The highest BCUT2D eigenvalue weighted by Crippen LogP contribution is 2.20. The summed E-state index contributed by atoms with van der Waals surface area (Å²) in [7, 11) is 1.63. The summed E-state index contributed by atoms with van der Waals surface area (Å²) in [6.45, 7) is 3.90. The molecule has 2 nitrogen and oxygen atoms in total. The van der Waals surface area contributed by atoms with E-state index in [1.54, 1.807) is 7.11 Å². The minimum Gasteiger partial charge on any atom is -0.497 e. The zero-order valence-corrected chi connectivity index (χ0v) is 8.55. The second-order valence-electron chi connectivity index (χ2n) is 3.02. The molecule has 0 heterocycles. The van der Waals surface area contributed by atoms with Gasteiger partial charge in [-0.05, 0) is 43.0 Å². The third-order valence-corrected chi connectivity index (χ3v) is 2.00. The van der Waals surface area contributed by atoms with Gasteiger partial charge in [-0.3, -0.25) is 4.79 Å². The SMILES string of the molecule is COc1cc(C)c(C#CC=O)c(C)c1. The summed E-state index contributed by atoms with van der Waals surface area (Å²) in [5.41, 5.74) is 2.95. The van der Waals surface area contributed by atoms with Crippen LogP contribution in [0.4, 0.5) is 0 Å². The Morgan fingerprint density at radius 1 is 1.29 bits per heavy atom. The van der Waals surface area contributed by atoms with Crippen molar-refractivity contribution in [2.75, 3.05) is 7.11 Å². The molecule has 0 saturated heterocycles. The average molecular weight is 188 g/mol. The first-order valence-corrected chi connectivity index (χ1v) is 4.29. The Labute approximate surface area is 83.9 Å². The van der Waals surface area contributed by atoms with E-state index in [4.69, 9.17) is 4.74 Å². The number of ether oxygens (including phenoxy) is 1. The monoisotopic (exact) mass is 188 g/mol. The van der Waals surface area contributed by atoms with Gasteiger partial charge >= 0.3 is 0 Å². The van der Waals surface area contributed by atoms with Crippen LogP contribution in [-0.4, -0.2) is 13.4 Å². The van der Waals surface area contributed by atoms with E-state index in [1.807, 2.05) is 26.0 Å². The third-order valence-electron chi connectivity index (χ3n) is 2.00. The van der Waals surface area contributed by atoms with Gasteiger partial charge in [0.15, 0.2) is 6.29 Å². The van der Waals surface area contributed by atoms with Gasteiger partial charge in [-0.1, -0.05) is 5.92 Å². The summed E-state index contributed by atoms with van der Waals surface area (Å²) in [4.78, 5) is 10.1. The fourth-order valence-electron chi connectivity index (χ4n) is 1.34. The van der Waals surface area contributed by atoms with Gasteiger partial charge in [-0.2, -0.15) is 0 Å². The number of aldehydes is 1. The van der Waals surface area contributed by atoms with Gasteiger partial charge < -0.3 is 4.74 Å². The van der Waals surface area contributed by atoms with Crippen LogP contribution < -0.4 is 4.74 Å². The summed E-state index contributed by atoms with van der Waals surface area (Å²) in [6, 6.07) is 3.81. The Kier molecular flexibility index (Phi) is 3.30. The van der Waals surface area contributed by atoms with Crippen LogP contribution in [0.25, 0.3) is 0 Å². The molecule has 14 heavy (non-hydrogen) atoms. The van der Waals surface area contributed by atoms with Gasteiger partial charge in [-0.25, -0.2) is 0 Å². The summed E-state index contributed by atoms with van der Waals surface area (Å²) in [6.07, 6.45) is 0.600. The van der Waals surface area contributed by atoms with Crippen LogP contribution in [0.2, 0.25) is 0 Å². The molecule has 0 aromatic heterocycles. The molecule has 0 N–H and O–H groups in total. The lowest BCUT2D eigenvalue weighted by molar-refractivity contribution is -0.103. The first kappa shape index (κ1) is 10.3. The van der Waals surface area contributed by atoms with Crippen LogP contribution in [-0.2, 0) is 4.79 Å². The zero-order chi connectivity index (χ0) is 10.6. The predicted molar refractivity (Wildman–Crippen MR) is 55.4 cm³/mol. The molecule has 0 aliphatic heterocycles. The van der Waals surface area contributed by atoms with E-state index in [0.29, 0.717) is 6.29 Å². The largest absolute Gasteiger partial charge is 0.497 e. The second-order valence-corrected chi connectivity index (χ2v) is 3.02. The predicted octanol–water partition coefficient (Wildman–Crippen LogP) is 1.86. The summed E-state index contributed by atoms with van der Waals surface area (Å²) in [5, 5.41) is 0. The van der Waals surface area contributed by atoms with Crippen molar-refractivity contribution in [2.24, 2.45) is 0 Å². The molecule has 0 bridgehead atoms. The Balaban J connectivity index is 3.24. The van der Waals surface area contributed by atoms with E-state index in [0.717, 1.165) is 22.4 Å². The summed E-state index contributed by atoms with van der Waals surface area (Å²) >= 11 is 0. The molecule has 0 aliphatic carbocycles. The van der Waals surface area contributed by atoms with Crippen LogP contribution >= 0.6 is 0 Å². The quantitative estimate of drug-likeness (QED) is 0.496. The number of benzene rings is 1. The third kappa shape index (κ3) is 2.14. The molecule has 0 saturated carbocycles. The van der Waals surface area contributed by atoms with Gasteiger partial charge in [0.1, 0.15) is 5.75 Å². The van der Waals surface area contributed by atoms with Crippen LogP contribution in [0.3, 0.4) is 0 Å². The lowest BCUT2D eigenvalue weighted by atomic mass is 10.0. The first-order chi connectivity index (χ1) is 6.69. The maximum Gasteiger partial charge on any atom is 0.193 e. The molecule has 0 amide bonds. The topological polar surface area (TPSA) is 26.3 Å². The van der Waals surface area contributed by atoms with Crippen molar-refractivity contribution in [1.29, 1.82) is 0 Å². The maximum atomic E-state index is 10.1. The fraction of sp³-hybridized carbons (Fsp3) is 0.250. The number of carbonyl (C=O) groups excluding carboxylic acids is 1. The van der Waals surface area contributed by atoms with Crippen LogP contribution in [0.5, 0.6) is 5.75 Å². The van der Waals surface area contributed by atoms with Crippen molar-refractivity contribution in [3.05, 3.63) is 28.8 Å². The minimum atomic E-state index is 0.600. The Hall–Kier alpha value is -1.75. The molecule has 1 aromatic carbocycles. The number of hydrogen-bond acceptors (Lipinski definition) is 2. The van der Waals surface area contributed by atoms with Crippen LogP contribution in [0, 0.1) is 25.7 Å². The molecule has 1 rings (SSSR count). The molecule has 0 fully saturated rings. The first-order valence-electron chi connectivity index (χ1n) is 4.29.